The van der Waals surface area contributed by atoms with Crippen LogP contribution in [0.25, 0.3) is 0 Å². The summed E-state index contributed by atoms with van der Waals surface area (Å²) >= 11 is 10.2. The lowest BCUT2D eigenvalue weighted by Gasteiger charge is -2.32. The lowest BCUT2D eigenvalue weighted by molar-refractivity contribution is 0.0721. The van der Waals surface area contributed by atoms with Crippen molar-refractivity contribution < 1.29 is 4.79 Å². The first-order chi connectivity index (χ1) is 7.59. The summed E-state index contributed by atoms with van der Waals surface area (Å²) in [5.74, 6) is 2.24. The van der Waals surface area contributed by atoms with Crippen molar-refractivity contribution in [3.63, 3.8) is 0 Å². The number of thioether (sulfide) groups is 1. The van der Waals surface area contributed by atoms with Crippen LogP contribution in [0.4, 0.5) is 0 Å². The summed E-state index contributed by atoms with van der Waals surface area (Å²) in [4.78, 5) is 15.0. The number of nitrogens with zero attached hydrogens (tertiary/aromatic N) is 1. The molecule has 1 atom stereocenters. The van der Waals surface area contributed by atoms with E-state index < -0.39 is 0 Å². The van der Waals surface area contributed by atoms with Gasteiger partial charge in [-0.15, -0.1) is 11.3 Å². The van der Waals surface area contributed by atoms with Gasteiger partial charge in [0.15, 0.2) is 0 Å². The number of rotatable bonds is 1. The molecule has 0 bridgehead atoms. The predicted octanol–water partition coefficient (Wildman–Crippen LogP) is 3.85. The second kappa shape index (κ2) is 5.42. The Balaban J connectivity index is 2.17. The molecule has 1 saturated heterocycles. The molecule has 16 heavy (non-hydrogen) atoms. The molecule has 0 aromatic carbocycles. The lowest BCUT2D eigenvalue weighted by Crippen LogP contribution is -2.44. The zero-order chi connectivity index (χ0) is 11.7. The van der Waals surface area contributed by atoms with E-state index in [2.05, 4.69) is 38.8 Å². The minimum Gasteiger partial charge on any atom is -0.334 e. The van der Waals surface area contributed by atoms with Crippen LogP contribution in [-0.4, -0.2) is 34.9 Å². The van der Waals surface area contributed by atoms with Crippen molar-refractivity contribution >= 4 is 60.9 Å². The van der Waals surface area contributed by atoms with Gasteiger partial charge in [-0.05, 0) is 44.8 Å². The Morgan fingerprint density at radius 3 is 2.88 bits per heavy atom. The minimum absolute atomic E-state index is 0.157. The van der Waals surface area contributed by atoms with Crippen LogP contribution >= 0.6 is 55.0 Å². The fourth-order valence-electron chi connectivity index (χ4n) is 1.62. The van der Waals surface area contributed by atoms with E-state index >= 15 is 0 Å². The average molecular weight is 385 g/mol. The van der Waals surface area contributed by atoms with Gasteiger partial charge in [0.1, 0.15) is 0 Å². The molecule has 0 spiro atoms. The molecule has 1 unspecified atom stereocenters. The molecule has 6 heteroatoms. The molecule has 1 aromatic rings. The smallest absolute Gasteiger partial charge is 0.264 e. The molecule has 1 aliphatic rings. The molecular weight excluding hydrogens is 374 g/mol. The summed E-state index contributed by atoms with van der Waals surface area (Å²) in [5.41, 5.74) is 0. The van der Waals surface area contributed by atoms with Crippen LogP contribution in [0.2, 0.25) is 0 Å². The molecule has 0 aliphatic carbocycles. The summed E-state index contributed by atoms with van der Waals surface area (Å²) in [6.07, 6.45) is 0. The maximum atomic E-state index is 12.3. The highest BCUT2D eigenvalue weighted by atomic mass is 79.9. The van der Waals surface area contributed by atoms with Crippen molar-refractivity contribution in [3.8, 4) is 0 Å². The van der Waals surface area contributed by atoms with Gasteiger partial charge in [-0.3, -0.25) is 4.79 Å². The third-order valence-corrected chi connectivity index (χ3v) is 6.92. The topological polar surface area (TPSA) is 20.3 Å². The quantitative estimate of drug-likeness (QED) is 0.732. The third-order valence-electron chi connectivity index (χ3n) is 2.48. The summed E-state index contributed by atoms with van der Waals surface area (Å²) in [6, 6.07) is 2.23. The van der Waals surface area contributed by atoms with Crippen molar-refractivity contribution in [1.29, 1.82) is 0 Å². The first-order valence-electron chi connectivity index (χ1n) is 4.93. The molecular formula is C10H11Br2NOS2. The average Bonchev–Trinajstić information content (AvgIpc) is 2.59. The van der Waals surface area contributed by atoms with E-state index in [9.17, 15) is 4.79 Å². The van der Waals surface area contributed by atoms with Crippen LogP contribution in [0.3, 0.4) is 0 Å². The van der Waals surface area contributed by atoms with Gasteiger partial charge in [0.05, 0.1) is 8.66 Å². The Morgan fingerprint density at radius 2 is 2.31 bits per heavy atom. The summed E-state index contributed by atoms with van der Waals surface area (Å²) in [7, 11) is 0. The van der Waals surface area contributed by atoms with Crippen LogP contribution in [-0.2, 0) is 0 Å². The maximum absolute atomic E-state index is 12.3. The highest BCUT2D eigenvalue weighted by Crippen LogP contribution is 2.33. The highest BCUT2D eigenvalue weighted by molar-refractivity contribution is 9.13. The molecule has 88 valence electrons. The van der Waals surface area contributed by atoms with Crippen LogP contribution in [0, 0.1) is 0 Å². The Labute approximate surface area is 120 Å². The zero-order valence-corrected chi connectivity index (χ0v) is 13.5. The van der Waals surface area contributed by atoms with Crippen LogP contribution in [0.5, 0.6) is 0 Å². The Hall–Kier alpha value is 0.480. The van der Waals surface area contributed by atoms with Crippen molar-refractivity contribution in [1.82, 2.24) is 4.90 Å². The van der Waals surface area contributed by atoms with Crippen molar-refractivity contribution in [2.45, 2.75) is 13.0 Å². The number of hydrogen-bond donors (Lipinski definition) is 0. The number of amides is 1. The second-order valence-electron chi connectivity index (χ2n) is 3.65. The molecule has 2 rings (SSSR count). The summed E-state index contributed by atoms with van der Waals surface area (Å²) in [6.45, 7) is 2.97. The van der Waals surface area contributed by atoms with Gasteiger partial charge >= 0.3 is 0 Å². The van der Waals surface area contributed by atoms with Gasteiger partial charge in [0.25, 0.3) is 5.91 Å². The van der Waals surface area contributed by atoms with Gasteiger partial charge in [0.2, 0.25) is 0 Å². The standard InChI is InChI=1S/C10H11Br2NOS2/c1-6-5-15-3-2-13(6)10(14)8-4-7(11)9(12)16-8/h4,6H,2-3,5H2,1H3. The van der Waals surface area contributed by atoms with E-state index in [0.29, 0.717) is 6.04 Å². The van der Waals surface area contributed by atoms with Crippen molar-refractivity contribution in [2.75, 3.05) is 18.1 Å². The fourth-order valence-corrected chi connectivity index (χ4v) is 4.63. The largest absolute Gasteiger partial charge is 0.334 e. The molecule has 0 N–H and O–H groups in total. The van der Waals surface area contributed by atoms with Gasteiger partial charge in [-0.1, -0.05) is 0 Å². The van der Waals surface area contributed by atoms with Crippen LogP contribution < -0.4 is 0 Å². The molecule has 0 radical (unpaired) electrons. The predicted molar refractivity (Wildman–Crippen MR) is 77.5 cm³/mol. The minimum atomic E-state index is 0.157. The second-order valence-corrected chi connectivity index (χ2v) is 8.03. The summed E-state index contributed by atoms with van der Waals surface area (Å²) in [5, 5.41) is 0. The zero-order valence-electron chi connectivity index (χ0n) is 8.70. The highest BCUT2D eigenvalue weighted by Gasteiger charge is 2.26. The van der Waals surface area contributed by atoms with E-state index in [0.717, 1.165) is 31.2 Å². The molecule has 2 nitrogen and oxygen atoms in total. The number of halogens is 2. The van der Waals surface area contributed by atoms with E-state index in [4.69, 9.17) is 0 Å². The van der Waals surface area contributed by atoms with E-state index in [1.165, 1.54) is 11.3 Å². The molecule has 1 fully saturated rings. The first-order valence-corrected chi connectivity index (χ1v) is 8.49. The maximum Gasteiger partial charge on any atom is 0.264 e. The normalized spacial score (nSPS) is 21.2. The Kier molecular flexibility index (Phi) is 4.38. The third kappa shape index (κ3) is 2.66. The van der Waals surface area contributed by atoms with E-state index in [1.54, 1.807) is 0 Å². The molecule has 0 saturated carbocycles. The monoisotopic (exact) mass is 383 g/mol. The fraction of sp³-hybridized carbons (Fsp3) is 0.500. The number of thiophene rings is 1. The van der Waals surface area contributed by atoms with Crippen molar-refractivity contribution in [2.24, 2.45) is 0 Å². The van der Waals surface area contributed by atoms with Crippen molar-refractivity contribution in [3.05, 3.63) is 19.2 Å². The van der Waals surface area contributed by atoms with Gasteiger partial charge in [-0.25, -0.2) is 0 Å². The first kappa shape index (κ1) is 12.9. The lowest BCUT2D eigenvalue weighted by atomic mass is 10.3. The van der Waals surface area contributed by atoms with Crippen LogP contribution in [0.15, 0.2) is 14.3 Å². The molecule has 2 heterocycles. The van der Waals surface area contributed by atoms with Gasteiger partial charge in [-0.2, -0.15) is 11.8 Å². The molecule has 1 aromatic heterocycles. The molecule has 1 aliphatic heterocycles. The Morgan fingerprint density at radius 1 is 1.56 bits per heavy atom. The molecule has 1 amide bonds. The van der Waals surface area contributed by atoms with Gasteiger partial charge in [0, 0.05) is 28.6 Å². The van der Waals surface area contributed by atoms with E-state index in [-0.39, 0.29) is 5.91 Å². The summed E-state index contributed by atoms with van der Waals surface area (Å²) < 4.78 is 1.94. The number of carbonyl (C=O) groups is 1. The van der Waals surface area contributed by atoms with E-state index in [1.807, 2.05) is 22.7 Å². The number of carbonyl (C=O) groups excluding carboxylic acids is 1. The number of hydrogen-bond acceptors (Lipinski definition) is 3. The van der Waals surface area contributed by atoms with Crippen LogP contribution in [0.1, 0.15) is 16.6 Å². The SMILES string of the molecule is CC1CSCCN1C(=O)c1cc(Br)c(Br)s1. The van der Waals surface area contributed by atoms with Gasteiger partial charge < -0.3 is 4.90 Å². The Bertz CT molecular complexity index is 388.